The van der Waals surface area contributed by atoms with E-state index < -0.39 is 11.5 Å². The van der Waals surface area contributed by atoms with E-state index >= 15 is 0 Å². The van der Waals surface area contributed by atoms with Crippen molar-refractivity contribution in [1.29, 1.82) is 5.26 Å². The summed E-state index contributed by atoms with van der Waals surface area (Å²) < 4.78 is 5.58. The zero-order valence-electron chi connectivity index (χ0n) is 11.6. The third kappa shape index (κ3) is 2.90. The van der Waals surface area contributed by atoms with E-state index in [0.29, 0.717) is 0 Å². The number of rotatable bonds is 4. The largest absolute Gasteiger partial charge is 0.491 e. The van der Waals surface area contributed by atoms with E-state index in [1.807, 2.05) is 38.1 Å². The minimum atomic E-state index is -0.701. The molecule has 0 bridgehead atoms. The SMILES string of the molecule is CC(C)Oc1ccc(C(O)C2(C#N)CCCC2)cc1. The highest BCUT2D eigenvalue weighted by atomic mass is 16.5. The van der Waals surface area contributed by atoms with E-state index in [4.69, 9.17) is 4.74 Å². The molecule has 3 nitrogen and oxygen atoms in total. The van der Waals surface area contributed by atoms with Crippen LogP contribution in [0.3, 0.4) is 0 Å². The first-order valence-electron chi connectivity index (χ1n) is 6.93. The number of ether oxygens (including phenoxy) is 1. The van der Waals surface area contributed by atoms with Gasteiger partial charge in [0.2, 0.25) is 0 Å². The van der Waals surface area contributed by atoms with Gasteiger partial charge in [0.1, 0.15) is 5.75 Å². The Bertz CT molecular complexity index is 453. The molecular weight excluding hydrogens is 238 g/mol. The zero-order chi connectivity index (χ0) is 13.9. The number of hydrogen-bond donors (Lipinski definition) is 1. The molecular formula is C16H21NO2. The maximum absolute atomic E-state index is 10.5. The van der Waals surface area contributed by atoms with Gasteiger partial charge in [-0.15, -0.1) is 0 Å². The summed E-state index contributed by atoms with van der Waals surface area (Å²) in [6.07, 6.45) is 3.06. The highest BCUT2D eigenvalue weighted by Gasteiger charge is 2.41. The van der Waals surface area contributed by atoms with Crippen LogP contribution in [0.2, 0.25) is 0 Å². The Morgan fingerprint density at radius 2 is 1.79 bits per heavy atom. The van der Waals surface area contributed by atoms with Gasteiger partial charge in [-0.25, -0.2) is 0 Å². The van der Waals surface area contributed by atoms with Gasteiger partial charge in [0, 0.05) is 0 Å². The third-order valence-electron chi connectivity index (χ3n) is 3.81. The minimum absolute atomic E-state index is 0.135. The maximum Gasteiger partial charge on any atom is 0.119 e. The zero-order valence-corrected chi connectivity index (χ0v) is 11.6. The van der Waals surface area contributed by atoms with E-state index in [2.05, 4.69) is 6.07 Å². The Morgan fingerprint density at radius 1 is 1.21 bits per heavy atom. The van der Waals surface area contributed by atoms with Gasteiger partial charge in [-0.05, 0) is 44.4 Å². The van der Waals surface area contributed by atoms with Crippen molar-refractivity contribution in [3.63, 3.8) is 0 Å². The van der Waals surface area contributed by atoms with E-state index in [9.17, 15) is 10.4 Å². The molecule has 0 spiro atoms. The summed E-state index contributed by atoms with van der Waals surface area (Å²) in [7, 11) is 0. The molecule has 0 saturated heterocycles. The smallest absolute Gasteiger partial charge is 0.119 e. The van der Waals surface area contributed by atoms with Crippen LogP contribution in [0.15, 0.2) is 24.3 Å². The molecule has 1 aromatic carbocycles. The van der Waals surface area contributed by atoms with Gasteiger partial charge in [0.05, 0.1) is 23.7 Å². The highest BCUT2D eigenvalue weighted by Crippen LogP contribution is 2.47. The fourth-order valence-corrected chi connectivity index (χ4v) is 2.77. The molecule has 1 aromatic rings. The first-order valence-corrected chi connectivity index (χ1v) is 6.93. The van der Waals surface area contributed by atoms with Crippen LogP contribution >= 0.6 is 0 Å². The molecule has 1 N–H and O–H groups in total. The third-order valence-corrected chi connectivity index (χ3v) is 3.81. The molecule has 0 amide bonds. The normalized spacial score (nSPS) is 19.1. The first kappa shape index (κ1) is 13.9. The average molecular weight is 259 g/mol. The number of hydrogen-bond acceptors (Lipinski definition) is 3. The van der Waals surface area contributed by atoms with Gasteiger partial charge in [0.15, 0.2) is 0 Å². The van der Waals surface area contributed by atoms with E-state index in [1.165, 1.54) is 0 Å². The number of nitrogens with zero attached hydrogens (tertiary/aromatic N) is 1. The van der Waals surface area contributed by atoms with Gasteiger partial charge in [0.25, 0.3) is 0 Å². The second kappa shape index (κ2) is 5.63. The lowest BCUT2D eigenvalue weighted by Crippen LogP contribution is -2.23. The van der Waals surface area contributed by atoms with Gasteiger partial charge < -0.3 is 9.84 Å². The van der Waals surface area contributed by atoms with Crippen molar-refractivity contribution in [3.05, 3.63) is 29.8 Å². The van der Waals surface area contributed by atoms with Gasteiger partial charge in [-0.1, -0.05) is 25.0 Å². The van der Waals surface area contributed by atoms with Gasteiger partial charge in [-0.2, -0.15) is 5.26 Å². The summed E-state index contributed by atoms with van der Waals surface area (Å²) in [6, 6.07) is 9.78. The van der Waals surface area contributed by atoms with Crippen molar-refractivity contribution in [2.24, 2.45) is 5.41 Å². The molecule has 0 aromatic heterocycles. The van der Waals surface area contributed by atoms with E-state index in [0.717, 1.165) is 37.0 Å². The summed E-state index contributed by atoms with van der Waals surface area (Å²) in [6.45, 7) is 3.96. The van der Waals surface area contributed by atoms with E-state index in [1.54, 1.807) is 0 Å². The molecule has 1 aliphatic rings. The fraction of sp³-hybridized carbons (Fsp3) is 0.562. The monoisotopic (exact) mass is 259 g/mol. The molecule has 0 heterocycles. The topological polar surface area (TPSA) is 53.2 Å². The van der Waals surface area contributed by atoms with Crippen LogP contribution in [-0.4, -0.2) is 11.2 Å². The number of aliphatic hydroxyl groups is 1. The van der Waals surface area contributed by atoms with Crippen LogP contribution in [-0.2, 0) is 0 Å². The number of aliphatic hydroxyl groups excluding tert-OH is 1. The molecule has 1 aliphatic carbocycles. The molecule has 1 atom stereocenters. The first-order chi connectivity index (χ1) is 9.07. The lowest BCUT2D eigenvalue weighted by atomic mass is 9.79. The average Bonchev–Trinajstić information content (AvgIpc) is 2.88. The van der Waals surface area contributed by atoms with Crippen LogP contribution in [0.1, 0.15) is 51.2 Å². The van der Waals surface area contributed by atoms with Crippen LogP contribution < -0.4 is 4.74 Å². The van der Waals surface area contributed by atoms with Crippen molar-refractivity contribution < 1.29 is 9.84 Å². The molecule has 0 aliphatic heterocycles. The summed E-state index contributed by atoms with van der Waals surface area (Å²) in [5.74, 6) is 0.795. The standard InChI is InChI=1S/C16H21NO2/c1-12(2)19-14-7-5-13(6-8-14)15(18)16(11-17)9-3-4-10-16/h5-8,12,15,18H,3-4,9-10H2,1-2H3. The molecule has 102 valence electrons. The molecule has 1 unspecified atom stereocenters. The molecule has 19 heavy (non-hydrogen) atoms. The summed E-state index contributed by atoms with van der Waals surface area (Å²) >= 11 is 0. The summed E-state index contributed by atoms with van der Waals surface area (Å²) in [5.41, 5.74) is 0.208. The summed E-state index contributed by atoms with van der Waals surface area (Å²) in [4.78, 5) is 0. The van der Waals surface area contributed by atoms with Crippen molar-refractivity contribution in [2.75, 3.05) is 0 Å². The summed E-state index contributed by atoms with van der Waals surface area (Å²) in [5, 5.41) is 19.9. The van der Waals surface area contributed by atoms with Crippen LogP contribution in [0, 0.1) is 16.7 Å². The molecule has 2 rings (SSSR count). The molecule has 1 saturated carbocycles. The van der Waals surface area contributed by atoms with E-state index in [-0.39, 0.29) is 6.10 Å². The Kier molecular flexibility index (Phi) is 4.11. The van der Waals surface area contributed by atoms with Crippen LogP contribution in [0.25, 0.3) is 0 Å². The maximum atomic E-state index is 10.5. The quantitative estimate of drug-likeness (QED) is 0.899. The predicted octanol–water partition coefficient (Wildman–Crippen LogP) is 3.59. The lowest BCUT2D eigenvalue weighted by molar-refractivity contribution is 0.0670. The van der Waals surface area contributed by atoms with Crippen molar-refractivity contribution in [1.82, 2.24) is 0 Å². The van der Waals surface area contributed by atoms with Crippen LogP contribution in [0.4, 0.5) is 0 Å². The number of benzene rings is 1. The van der Waals surface area contributed by atoms with Gasteiger partial charge in [-0.3, -0.25) is 0 Å². The minimum Gasteiger partial charge on any atom is -0.491 e. The second-order valence-electron chi connectivity index (χ2n) is 5.61. The van der Waals surface area contributed by atoms with Crippen LogP contribution in [0.5, 0.6) is 5.75 Å². The molecule has 1 fully saturated rings. The predicted molar refractivity (Wildman–Crippen MR) is 73.7 cm³/mol. The van der Waals surface area contributed by atoms with Gasteiger partial charge >= 0.3 is 0 Å². The lowest BCUT2D eigenvalue weighted by Gasteiger charge is -2.27. The second-order valence-corrected chi connectivity index (χ2v) is 5.61. The molecule has 0 radical (unpaired) electrons. The van der Waals surface area contributed by atoms with Crippen molar-refractivity contribution >= 4 is 0 Å². The number of nitriles is 1. The highest BCUT2D eigenvalue weighted by molar-refractivity contribution is 5.31. The van der Waals surface area contributed by atoms with Crippen molar-refractivity contribution in [3.8, 4) is 11.8 Å². The molecule has 3 heteroatoms. The Labute approximate surface area is 114 Å². The van der Waals surface area contributed by atoms with Crippen molar-refractivity contribution in [2.45, 2.75) is 51.7 Å². The fourth-order valence-electron chi connectivity index (χ4n) is 2.77. The Morgan fingerprint density at radius 3 is 2.26 bits per heavy atom. The Hall–Kier alpha value is -1.53. The Balaban J connectivity index is 2.15.